The van der Waals surface area contributed by atoms with Crippen LogP contribution in [0.25, 0.3) is 33.8 Å². The van der Waals surface area contributed by atoms with E-state index in [2.05, 4.69) is 138 Å². The Labute approximate surface area is 327 Å². The number of amides is 1. The summed E-state index contributed by atoms with van der Waals surface area (Å²) in [6.07, 6.45) is 2.42. The van der Waals surface area contributed by atoms with Crippen molar-refractivity contribution in [2.24, 2.45) is 0 Å². The van der Waals surface area contributed by atoms with Gasteiger partial charge in [0.25, 0.3) is 5.91 Å². The molecule has 10 nitrogen and oxygen atoms in total. The highest BCUT2D eigenvalue weighted by molar-refractivity contribution is 5.98. The third-order valence-corrected chi connectivity index (χ3v) is 10.8. The van der Waals surface area contributed by atoms with Crippen molar-refractivity contribution in [3.8, 4) is 22.6 Å². The lowest BCUT2D eigenvalue weighted by Crippen LogP contribution is -2.39. The van der Waals surface area contributed by atoms with Gasteiger partial charge in [-0.2, -0.15) is 0 Å². The van der Waals surface area contributed by atoms with E-state index in [1.54, 1.807) is 25.2 Å². The molecule has 0 bridgehead atoms. The topological polar surface area (TPSA) is 99.6 Å². The zero-order valence-corrected chi connectivity index (χ0v) is 32.7. The molecule has 0 saturated carbocycles. The van der Waals surface area contributed by atoms with Crippen LogP contribution in [0.5, 0.6) is 0 Å². The zero-order chi connectivity index (χ0) is 39.0. The minimum Gasteiger partial charge on any atom is -0.345 e. The summed E-state index contributed by atoms with van der Waals surface area (Å²) in [4.78, 5) is 24.2. The molecule has 0 aliphatic heterocycles. The minimum absolute atomic E-state index is 0.0774. The fourth-order valence-electron chi connectivity index (χ4n) is 8.12. The molecule has 0 atom stereocenters. The Hall–Kier alpha value is -6.68. The van der Waals surface area contributed by atoms with Crippen LogP contribution in [0.15, 0.2) is 128 Å². The molecule has 4 aromatic carbocycles. The molecule has 1 amide bonds. The largest absolute Gasteiger partial charge is 0.345 e. The lowest BCUT2D eigenvalue weighted by molar-refractivity contribution is 0.0826. The summed E-state index contributed by atoms with van der Waals surface area (Å²) >= 11 is 0. The van der Waals surface area contributed by atoms with E-state index in [0.29, 0.717) is 17.9 Å². The molecule has 0 aliphatic rings. The van der Waals surface area contributed by atoms with Crippen molar-refractivity contribution in [3.05, 3.63) is 172 Å². The van der Waals surface area contributed by atoms with Gasteiger partial charge in [0.1, 0.15) is 16.9 Å². The van der Waals surface area contributed by atoms with Gasteiger partial charge in [-0.1, -0.05) is 122 Å². The monoisotopic (exact) mass is 739 g/mol. The Bertz CT molecular complexity index is 2540. The molecule has 280 valence electrons. The number of aryl methyl sites for hydroxylation is 3. The van der Waals surface area contributed by atoms with Crippen LogP contribution in [0.1, 0.15) is 63.5 Å². The number of hydrogen-bond acceptors (Lipinski definition) is 6. The Balaban J connectivity index is 1.24. The molecule has 4 aromatic heterocycles. The Morgan fingerprint density at radius 1 is 0.768 bits per heavy atom. The van der Waals surface area contributed by atoms with Crippen LogP contribution in [0.4, 0.5) is 0 Å². The molecule has 0 spiro atoms. The first-order valence-electron chi connectivity index (χ1n) is 19.1. The van der Waals surface area contributed by atoms with Crippen LogP contribution in [0.3, 0.4) is 0 Å². The number of carbonyl (C=O) groups is 1. The van der Waals surface area contributed by atoms with Gasteiger partial charge in [0.05, 0.1) is 17.8 Å². The predicted octanol–water partition coefficient (Wildman–Crippen LogP) is 8.34. The van der Waals surface area contributed by atoms with Gasteiger partial charge in [-0.15, -0.1) is 5.10 Å². The van der Waals surface area contributed by atoms with Gasteiger partial charge in [-0.3, -0.25) is 4.79 Å². The van der Waals surface area contributed by atoms with Crippen molar-refractivity contribution in [1.29, 1.82) is 0 Å². The quantitative estimate of drug-likeness (QED) is 0.124. The average molecular weight is 740 g/mol. The first-order chi connectivity index (χ1) is 27.3. The zero-order valence-electron chi connectivity index (χ0n) is 32.7. The van der Waals surface area contributed by atoms with Gasteiger partial charge in [0.2, 0.25) is 0 Å². The molecule has 0 N–H and O–H groups in total. The lowest BCUT2D eigenvalue weighted by Gasteiger charge is -2.36. The van der Waals surface area contributed by atoms with Gasteiger partial charge in [0.15, 0.2) is 11.5 Å². The molecule has 4 heterocycles. The third kappa shape index (κ3) is 5.98. The van der Waals surface area contributed by atoms with E-state index in [-0.39, 0.29) is 5.91 Å². The highest BCUT2D eigenvalue weighted by Crippen LogP contribution is 2.44. The molecule has 10 heteroatoms. The molecule has 0 radical (unpaired) electrons. The fourth-order valence-corrected chi connectivity index (χ4v) is 8.12. The summed E-state index contributed by atoms with van der Waals surface area (Å²) in [5, 5.41) is 14.0. The number of rotatable bonds is 11. The second kappa shape index (κ2) is 14.9. The van der Waals surface area contributed by atoms with E-state index in [0.717, 1.165) is 80.3 Å². The maximum atomic E-state index is 12.9. The highest BCUT2D eigenvalue weighted by Gasteiger charge is 2.42. The smallest absolute Gasteiger partial charge is 0.255 e. The molecule has 0 saturated heterocycles. The number of fused-ring (bicyclic) bond motifs is 1. The summed E-state index contributed by atoms with van der Waals surface area (Å²) in [6.45, 7) is 9.73. The number of aromatic nitrogens is 8. The van der Waals surface area contributed by atoms with Crippen molar-refractivity contribution >= 4 is 17.1 Å². The highest BCUT2D eigenvalue weighted by atomic mass is 16.2. The molecular weight excluding hydrogens is 695 g/mol. The van der Waals surface area contributed by atoms with E-state index in [9.17, 15) is 4.79 Å². The third-order valence-electron chi connectivity index (χ3n) is 10.8. The molecule has 0 fully saturated rings. The normalized spacial score (nSPS) is 11.7. The van der Waals surface area contributed by atoms with Crippen molar-refractivity contribution in [3.63, 3.8) is 0 Å². The molecular formula is C46H45N9O. The van der Waals surface area contributed by atoms with Crippen molar-refractivity contribution < 1.29 is 4.79 Å². The van der Waals surface area contributed by atoms with Gasteiger partial charge in [-0.25, -0.2) is 14.6 Å². The van der Waals surface area contributed by atoms with Crippen LogP contribution in [-0.2, 0) is 25.0 Å². The van der Waals surface area contributed by atoms with Crippen LogP contribution >= 0.6 is 0 Å². The number of pyridine rings is 1. The summed E-state index contributed by atoms with van der Waals surface area (Å²) in [6, 6.07) is 42.4. The number of hydrogen-bond donors (Lipinski definition) is 0. The number of carbonyl (C=O) groups excluding carboxylic acids is 1. The second-order valence-electron chi connectivity index (χ2n) is 14.3. The predicted molar refractivity (Wildman–Crippen MR) is 220 cm³/mol. The van der Waals surface area contributed by atoms with Crippen LogP contribution in [0.2, 0.25) is 0 Å². The van der Waals surface area contributed by atoms with Crippen LogP contribution in [-0.4, -0.2) is 64.2 Å². The summed E-state index contributed by atoms with van der Waals surface area (Å²) in [7, 11) is 3.51. The van der Waals surface area contributed by atoms with E-state index in [4.69, 9.17) is 20.3 Å². The first kappa shape index (κ1) is 36.3. The molecule has 8 aromatic rings. The van der Waals surface area contributed by atoms with Gasteiger partial charge in [0, 0.05) is 44.5 Å². The maximum absolute atomic E-state index is 12.9. The molecule has 0 unspecified atom stereocenters. The average Bonchev–Trinajstić information content (AvgIpc) is 3.95. The second-order valence-corrected chi connectivity index (χ2v) is 14.3. The maximum Gasteiger partial charge on any atom is 0.255 e. The SMILES string of the molecule is CCc1nc2c(C)c(C(=O)N(C)C)cnc2n1Cc1ccc(-c2c(-c3nnnn3C(c3ccccc3)(c3ccccc3)c3ccccc3)cc(C)n2CC)cc1. The van der Waals surface area contributed by atoms with Crippen LogP contribution < -0.4 is 0 Å². The number of nitrogens with zero attached hydrogens (tertiary/aromatic N) is 9. The summed E-state index contributed by atoms with van der Waals surface area (Å²) in [5.41, 5.74) is 10.5. The van der Waals surface area contributed by atoms with Gasteiger partial charge >= 0.3 is 0 Å². The fraction of sp³-hybridized carbons (Fsp3) is 0.217. The Morgan fingerprint density at radius 3 is 1.89 bits per heavy atom. The van der Waals surface area contributed by atoms with E-state index >= 15 is 0 Å². The molecule has 8 rings (SSSR count). The van der Waals surface area contributed by atoms with Crippen LogP contribution in [0, 0.1) is 13.8 Å². The van der Waals surface area contributed by atoms with E-state index in [1.165, 1.54) is 0 Å². The van der Waals surface area contributed by atoms with Crippen molar-refractivity contribution in [2.45, 2.75) is 52.7 Å². The number of tetrazole rings is 1. The lowest BCUT2D eigenvalue weighted by atomic mass is 9.77. The van der Waals surface area contributed by atoms with Gasteiger partial charge in [-0.05, 0) is 70.6 Å². The van der Waals surface area contributed by atoms with Crippen molar-refractivity contribution in [1.82, 2.24) is 44.2 Å². The number of benzene rings is 4. The first-order valence-corrected chi connectivity index (χ1v) is 19.1. The minimum atomic E-state index is -0.872. The molecule has 56 heavy (non-hydrogen) atoms. The standard InChI is InChI=1S/C46H45N9O/c1-7-40-48-41-32(4)39(45(56)52(5)6)29-47-44(41)54(40)30-33-24-26-34(27-25-33)42-38(28-31(3)53(42)8-2)43-49-50-51-55(43)46(35-18-12-9-13-19-35,36-20-14-10-15-21-36)37-22-16-11-17-23-37/h9-29H,7-8,30H2,1-6H3. The Kier molecular flexibility index (Phi) is 9.64. The Morgan fingerprint density at radius 2 is 1.36 bits per heavy atom. The summed E-state index contributed by atoms with van der Waals surface area (Å²) in [5.74, 6) is 1.52. The number of imidazole rings is 1. The van der Waals surface area contributed by atoms with E-state index < -0.39 is 5.54 Å². The van der Waals surface area contributed by atoms with Crippen molar-refractivity contribution in [2.75, 3.05) is 14.1 Å². The van der Waals surface area contributed by atoms with Gasteiger partial charge < -0.3 is 14.0 Å². The van der Waals surface area contributed by atoms with E-state index in [1.807, 2.05) is 29.8 Å². The molecule has 0 aliphatic carbocycles. The summed E-state index contributed by atoms with van der Waals surface area (Å²) < 4.78 is 6.50.